The van der Waals surface area contributed by atoms with Crippen molar-refractivity contribution in [3.05, 3.63) is 33.8 Å². The number of hydrogen-bond donors (Lipinski definition) is 1. The van der Waals surface area contributed by atoms with Gasteiger partial charge in [0.15, 0.2) is 0 Å². The second-order valence-electron chi connectivity index (χ2n) is 6.46. The highest BCUT2D eigenvalue weighted by atomic mass is 35.5. The van der Waals surface area contributed by atoms with Crippen molar-refractivity contribution in [2.45, 2.75) is 31.7 Å². The lowest BCUT2D eigenvalue weighted by molar-refractivity contribution is -0.150. The van der Waals surface area contributed by atoms with Gasteiger partial charge >= 0.3 is 0 Å². The third-order valence-corrected chi connectivity index (χ3v) is 4.97. The van der Waals surface area contributed by atoms with Crippen LogP contribution in [0.1, 0.15) is 31.7 Å². The van der Waals surface area contributed by atoms with E-state index in [2.05, 4.69) is 5.32 Å². The maximum Gasteiger partial charge on any atom is 0.245 e. The second-order valence-corrected chi connectivity index (χ2v) is 7.33. The number of hydrogen-bond acceptors (Lipinski definition) is 2. The molecule has 0 spiro atoms. The van der Waals surface area contributed by atoms with E-state index in [0.29, 0.717) is 23.1 Å². The number of carbonyl (C=O) groups is 2. The van der Waals surface area contributed by atoms with Crippen molar-refractivity contribution in [2.75, 3.05) is 13.1 Å². The van der Waals surface area contributed by atoms with Gasteiger partial charge in [0, 0.05) is 29.1 Å². The molecule has 118 valence electrons. The first-order valence-corrected chi connectivity index (χ1v) is 8.12. The minimum Gasteiger partial charge on any atom is -0.352 e. The van der Waals surface area contributed by atoms with E-state index in [1.807, 2.05) is 12.1 Å². The molecule has 1 N–H and O–H groups in total. The van der Waals surface area contributed by atoms with Crippen LogP contribution in [0.15, 0.2) is 18.2 Å². The molecule has 1 aromatic carbocycles. The molecule has 2 amide bonds. The van der Waals surface area contributed by atoms with E-state index in [-0.39, 0.29) is 23.7 Å². The van der Waals surface area contributed by atoms with Crippen LogP contribution in [-0.2, 0) is 9.59 Å². The first-order valence-electron chi connectivity index (χ1n) is 7.36. The van der Waals surface area contributed by atoms with Gasteiger partial charge in [-0.05, 0) is 49.9 Å². The molecule has 4 nitrogen and oxygen atoms in total. The van der Waals surface area contributed by atoms with Gasteiger partial charge in [-0.15, -0.1) is 0 Å². The number of carbonyl (C=O) groups excluding carboxylic acids is 2. The zero-order valence-corrected chi connectivity index (χ0v) is 14.0. The summed E-state index contributed by atoms with van der Waals surface area (Å²) < 4.78 is 0. The topological polar surface area (TPSA) is 49.4 Å². The molecule has 1 aliphatic carbocycles. The molecule has 3 rings (SSSR count). The van der Waals surface area contributed by atoms with Crippen LogP contribution in [0.5, 0.6) is 0 Å². The molecule has 1 saturated carbocycles. The molecule has 0 aromatic heterocycles. The Bertz CT molecular complexity index is 625. The number of benzene rings is 1. The molecule has 1 heterocycles. The summed E-state index contributed by atoms with van der Waals surface area (Å²) in [6.07, 6.45) is 0.781. The summed E-state index contributed by atoms with van der Waals surface area (Å²) in [6, 6.07) is 5.41. The highest BCUT2D eigenvalue weighted by molar-refractivity contribution is 6.34. The second kappa shape index (κ2) is 5.43. The molecule has 2 atom stereocenters. The van der Waals surface area contributed by atoms with Gasteiger partial charge in [0.1, 0.15) is 5.54 Å². The number of piperazine rings is 1. The summed E-state index contributed by atoms with van der Waals surface area (Å²) in [7, 11) is 0. The van der Waals surface area contributed by atoms with E-state index >= 15 is 0 Å². The molecule has 22 heavy (non-hydrogen) atoms. The highest BCUT2D eigenvalue weighted by Gasteiger charge is 2.50. The molecule has 1 saturated heterocycles. The van der Waals surface area contributed by atoms with Crippen molar-refractivity contribution in [3.8, 4) is 0 Å². The van der Waals surface area contributed by atoms with E-state index in [1.165, 1.54) is 0 Å². The standard InChI is InChI=1S/C16H18Cl2N2O2/c1-16(2)15(22)19-3-4-20(16)14(21)13-8-12(13)9-5-10(17)7-11(18)6-9/h5-7,12-13H,3-4,8H2,1-2H3,(H,19,22)/t12-,13-/m0/s1. The molecule has 0 unspecified atom stereocenters. The summed E-state index contributed by atoms with van der Waals surface area (Å²) in [5.74, 6) is 0.000226. The van der Waals surface area contributed by atoms with Gasteiger partial charge in [0.25, 0.3) is 0 Å². The van der Waals surface area contributed by atoms with E-state index in [9.17, 15) is 9.59 Å². The lowest BCUT2D eigenvalue weighted by Crippen LogP contribution is -2.63. The number of amides is 2. The maximum atomic E-state index is 12.8. The van der Waals surface area contributed by atoms with Gasteiger partial charge in [0.05, 0.1) is 0 Å². The zero-order valence-electron chi connectivity index (χ0n) is 12.5. The van der Waals surface area contributed by atoms with E-state index in [4.69, 9.17) is 23.2 Å². The van der Waals surface area contributed by atoms with Gasteiger partial charge in [-0.1, -0.05) is 23.2 Å². The van der Waals surface area contributed by atoms with Gasteiger partial charge in [0.2, 0.25) is 11.8 Å². The first kappa shape index (κ1) is 15.6. The van der Waals surface area contributed by atoms with Crippen LogP contribution < -0.4 is 5.32 Å². The molecule has 2 aliphatic rings. The van der Waals surface area contributed by atoms with E-state index in [0.717, 1.165) is 12.0 Å². The third-order valence-electron chi connectivity index (χ3n) is 4.54. The fourth-order valence-electron chi connectivity index (χ4n) is 3.11. The van der Waals surface area contributed by atoms with Crippen LogP contribution in [0.4, 0.5) is 0 Å². The Hall–Kier alpha value is -1.26. The molecule has 1 aromatic rings. The minimum absolute atomic E-state index is 0.0425. The Kier molecular flexibility index (Phi) is 3.86. The molecule has 2 fully saturated rings. The Labute approximate surface area is 139 Å². The number of halogens is 2. The predicted octanol–water partition coefficient (Wildman–Crippen LogP) is 2.83. The number of rotatable bonds is 2. The summed E-state index contributed by atoms with van der Waals surface area (Å²) in [5.41, 5.74) is 0.198. The Morgan fingerprint density at radius 2 is 1.91 bits per heavy atom. The summed E-state index contributed by atoms with van der Waals surface area (Å²) in [4.78, 5) is 26.4. The molecule has 1 aliphatic heterocycles. The van der Waals surface area contributed by atoms with Crippen molar-refractivity contribution in [3.63, 3.8) is 0 Å². The number of nitrogens with one attached hydrogen (secondary N) is 1. The molecule has 6 heteroatoms. The number of nitrogens with zero attached hydrogens (tertiary/aromatic N) is 1. The zero-order chi connectivity index (χ0) is 16.1. The van der Waals surface area contributed by atoms with Gasteiger partial charge in [-0.2, -0.15) is 0 Å². The Morgan fingerprint density at radius 1 is 1.27 bits per heavy atom. The first-order chi connectivity index (χ1) is 10.3. The van der Waals surface area contributed by atoms with Crippen LogP contribution in [-0.4, -0.2) is 35.3 Å². The fourth-order valence-corrected chi connectivity index (χ4v) is 3.65. The molecular weight excluding hydrogens is 323 g/mol. The van der Waals surface area contributed by atoms with E-state index in [1.54, 1.807) is 24.8 Å². The molecule has 0 radical (unpaired) electrons. The normalized spacial score (nSPS) is 26.5. The summed E-state index contributed by atoms with van der Waals surface area (Å²) >= 11 is 12.1. The largest absolute Gasteiger partial charge is 0.352 e. The molecule has 0 bridgehead atoms. The SMILES string of the molecule is CC1(C)C(=O)NCCN1C(=O)[C@H]1C[C@H]1c1cc(Cl)cc(Cl)c1. The fraction of sp³-hybridized carbons (Fsp3) is 0.500. The lowest BCUT2D eigenvalue weighted by Gasteiger charge is -2.41. The van der Waals surface area contributed by atoms with Gasteiger partial charge in [-0.3, -0.25) is 9.59 Å². The molecular formula is C16H18Cl2N2O2. The van der Waals surface area contributed by atoms with Crippen LogP contribution in [0.3, 0.4) is 0 Å². The Morgan fingerprint density at radius 3 is 2.55 bits per heavy atom. The summed E-state index contributed by atoms with van der Waals surface area (Å²) in [5, 5.41) is 3.97. The van der Waals surface area contributed by atoms with Crippen LogP contribution >= 0.6 is 23.2 Å². The predicted molar refractivity (Wildman–Crippen MR) is 86.1 cm³/mol. The minimum atomic E-state index is -0.797. The van der Waals surface area contributed by atoms with Crippen molar-refractivity contribution >= 4 is 35.0 Å². The van der Waals surface area contributed by atoms with Crippen LogP contribution in [0, 0.1) is 5.92 Å². The smallest absolute Gasteiger partial charge is 0.245 e. The monoisotopic (exact) mass is 340 g/mol. The average molecular weight is 341 g/mol. The van der Waals surface area contributed by atoms with Crippen molar-refractivity contribution in [1.29, 1.82) is 0 Å². The summed E-state index contributed by atoms with van der Waals surface area (Å²) in [6.45, 7) is 4.63. The Balaban J connectivity index is 1.76. The van der Waals surface area contributed by atoms with Crippen LogP contribution in [0.25, 0.3) is 0 Å². The highest BCUT2D eigenvalue weighted by Crippen LogP contribution is 2.50. The van der Waals surface area contributed by atoms with Gasteiger partial charge < -0.3 is 10.2 Å². The van der Waals surface area contributed by atoms with Crippen molar-refractivity contribution in [2.24, 2.45) is 5.92 Å². The average Bonchev–Trinajstić information content (AvgIpc) is 3.20. The quantitative estimate of drug-likeness (QED) is 0.899. The van der Waals surface area contributed by atoms with E-state index < -0.39 is 5.54 Å². The lowest BCUT2D eigenvalue weighted by atomic mass is 9.97. The van der Waals surface area contributed by atoms with Crippen LogP contribution in [0.2, 0.25) is 10.0 Å². The van der Waals surface area contributed by atoms with Crippen molar-refractivity contribution in [1.82, 2.24) is 10.2 Å². The maximum absolute atomic E-state index is 12.8. The third kappa shape index (κ3) is 2.70. The van der Waals surface area contributed by atoms with Crippen molar-refractivity contribution < 1.29 is 9.59 Å². The van der Waals surface area contributed by atoms with Gasteiger partial charge in [-0.25, -0.2) is 0 Å².